The van der Waals surface area contributed by atoms with Crippen LogP contribution in [0.15, 0.2) is 24.4 Å². The highest BCUT2D eigenvalue weighted by molar-refractivity contribution is 7.89. The van der Waals surface area contributed by atoms with Gasteiger partial charge in [-0.25, -0.2) is 13.1 Å². The topological polar surface area (TPSA) is 59.1 Å². The third-order valence-corrected chi connectivity index (χ3v) is 3.84. The summed E-state index contributed by atoms with van der Waals surface area (Å²) in [5.41, 5.74) is 0.706. The van der Waals surface area contributed by atoms with E-state index in [9.17, 15) is 8.42 Å². The lowest BCUT2D eigenvalue weighted by molar-refractivity contribution is 0.563. The van der Waals surface area contributed by atoms with Gasteiger partial charge >= 0.3 is 0 Å². The molecule has 16 heavy (non-hydrogen) atoms. The van der Waals surface area contributed by atoms with E-state index in [1.54, 1.807) is 25.3 Å². The number of aromatic nitrogens is 1. The summed E-state index contributed by atoms with van der Waals surface area (Å²) in [6.07, 6.45) is 2.09. The molecule has 0 fully saturated rings. The molecule has 0 aromatic carbocycles. The molecule has 90 valence electrons. The van der Waals surface area contributed by atoms with Crippen LogP contribution in [0.5, 0.6) is 0 Å². The van der Waals surface area contributed by atoms with Crippen molar-refractivity contribution in [3.63, 3.8) is 0 Å². The quantitative estimate of drug-likeness (QED) is 0.794. The summed E-state index contributed by atoms with van der Waals surface area (Å²) in [5, 5.41) is 0. The Hall–Kier alpha value is -0.650. The van der Waals surface area contributed by atoms with Gasteiger partial charge in [0.2, 0.25) is 10.0 Å². The van der Waals surface area contributed by atoms with Gasteiger partial charge < -0.3 is 0 Å². The molecule has 1 N–H and O–H groups in total. The number of halogens is 1. The second kappa shape index (κ2) is 6.18. The van der Waals surface area contributed by atoms with E-state index < -0.39 is 10.0 Å². The fraction of sp³-hybridized carbons (Fsp3) is 0.500. The highest BCUT2D eigenvalue weighted by atomic mass is 35.5. The van der Waals surface area contributed by atoms with Gasteiger partial charge in [-0.15, -0.1) is 11.6 Å². The van der Waals surface area contributed by atoms with E-state index >= 15 is 0 Å². The molecular formula is C10H15ClN2O2S. The molecular weight excluding hydrogens is 248 g/mol. The van der Waals surface area contributed by atoms with E-state index in [1.807, 2.05) is 6.07 Å². The van der Waals surface area contributed by atoms with Crippen LogP contribution in [0.3, 0.4) is 0 Å². The molecule has 1 aromatic heterocycles. The molecule has 0 aliphatic heterocycles. The van der Waals surface area contributed by atoms with Crippen LogP contribution < -0.4 is 4.72 Å². The third kappa shape index (κ3) is 4.47. The van der Waals surface area contributed by atoms with Gasteiger partial charge in [-0.2, -0.15) is 0 Å². The monoisotopic (exact) mass is 262 g/mol. The number of rotatable bonds is 6. The van der Waals surface area contributed by atoms with Crippen LogP contribution in [0, 0.1) is 0 Å². The van der Waals surface area contributed by atoms with Crippen LogP contribution in [0.4, 0.5) is 0 Å². The van der Waals surface area contributed by atoms with E-state index in [1.165, 1.54) is 0 Å². The van der Waals surface area contributed by atoms with Crippen molar-refractivity contribution in [3.8, 4) is 0 Å². The lowest BCUT2D eigenvalue weighted by Gasteiger charge is -2.13. The Labute approximate surface area is 101 Å². The van der Waals surface area contributed by atoms with Gasteiger partial charge in [-0.1, -0.05) is 6.07 Å². The number of sulfonamides is 1. The highest BCUT2D eigenvalue weighted by Gasteiger charge is 2.15. The van der Waals surface area contributed by atoms with Gasteiger partial charge in [0.05, 0.1) is 17.5 Å². The van der Waals surface area contributed by atoms with Crippen LogP contribution in [-0.2, 0) is 10.0 Å². The highest BCUT2D eigenvalue weighted by Crippen LogP contribution is 2.09. The fourth-order valence-corrected chi connectivity index (χ4v) is 2.86. The Bertz CT molecular complexity index is 408. The first kappa shape index (κ1) is 13.4. The molecule has 1 atom stereocenters. The van der Waals surface area contributed by atoms with Gasteiger partial charge in [-0.3, -0.25) is 4.98 Å². The van der Waals surface area contributed by atoms with Gasteiger partial charge in [-0.05, 0) is 25.5 Å². The predicted molar refractivity (Wildman–Crippen MR) is 64.9 cm³/mol. The first-order valence-corrected chi connectivity index (χ1v) is 7.21. The number of hydrogen-bond acceptors (Lipinski definition) is 3. The zero-order valence-electron chi connectivity index (χ0n) is 9.06. The van der Waals surface area contributed by atoms with Crippen molar-refractivity contribution in [2.75, 3.05) is 11.6 Å². The Balaban J connectivity index is 2.61. The van der Waals surface area contributed by atoms with E-state index in [-0.39, 0.29) is 11.8 Å². The normalized spacial score (nSPS) is 13.6. The molecule has 1 heterocycles. The zero-order chi connectivity index (χ0) is 12.0. The van der Waals surface area contributed by atoms with Crippen LogP contribution in [0.25, 0.3) is 0 Å². The summed E-state index contributed by atoms with van der Waals surface area (Å²) in [7, 11) is -3.27. The molecule has 6 heteroatoms. The summed E-state index contributed by atoms with van der Waals surface area (Å²) in [5.74, 6) is 0.395. The van der Waals surface area contributed by atoms with Crippen molar-refractivity contribution in [1.29, 1.82) is 0 Å². The minimum atomic E-state index is -3.27. The Morgan fingerprint density at radius 1 is 1.50 bits per heavy atom. The summed E-state index contributed by atoms with van der Waals surface area (Å²) in [6, 6.07) is 5.08. The van der Waals surface area contributed by atoms with Crippen molar-refractivity contribution in [2.24, 2.45) is 0 Å². The maximum Gasteiger partial charge on any atom is 0.212 e. The zero-order valence-corrected chi connectivity index (χ0v) is 10.6. The fourth-order valence-electron chi connectivity index (χ4n) is 1.27. The Kier molecular flexibility index (Phi) is 5.18. The molecule has 0 spiro atoms. The summed E-state index contributed by atoms with van der Waals surface area (Å²) in [4.78, 5) is 4.09. The summed E-state index contributed by atoms with van der Waals surface area (Å²) < 4.78 is 25.7. The number of nitrogens with zero attached hydrogens (tertiary/aromatic N) is 1. The molecule has 1 aromatic rings. The number of pyridine rings is 1. The number of hydrogen-bond donors (Lipinski definition) is 1. The largest absolute Gasteiger partial charge is 0.260 e. The molecule has 4 nitrogen and oxygen atoms in total. The van der Waals surface area contributed by atoms with Crippen LogP contribution in [0.1, 0.15) is 25.1 Å². The van der Waals surface area contributed by atoms with Crippen LogP contribution in [0.2, 0.25) is 0 Å². The lowest BCUT2D eigenvalue weighted by atomic mass is 10.2. The summed E-state index contributed by atoms with van der Waals surface area (Å²) >= 11 is 5.46. The van der Waals surface area contributed by atoms with Crippen molar-refractivity contribution in [2.45, 2.75) is 19.4 Å². The molecule has 0 aliphatic carbocycles. The molecule has 0 amide bonds. The molecule has 1 unspecified atom stereocenters. The second-order valence-electron chi connectivity index (χ2n) is 3.46. The molecule has 0 aliphatic rings. The maximum absolute atomic E-state index is 11.6. The minimum absolute atomic E-state index is 0.0493. The van der Waals surface area contributed by atoms with Crippen molar-refractivity contribution < 1.29 is 8.42 Å². The Morgan fingerprint density at radius 2 is 2.25 bits per heavy atom. The third-order valence-electron chi connectivity index (χ3n) is 2.03. The standard InChI is InChI=1S/C10H15ClN2O2S/c1-9(10-5-2-3-7-12-10)13-16(14,15)8-4-6-11/h2-3,5,7,9,13H,4,6,8H2,1H3. The van der Waals surface area contributed by atoms with Crippen molar-refractivity contribution in [3.05, 3.63) is 30.1 Å². The average molecular weight is 263 g/mol. The molecule has 0 saturated heterocycles. The van der Waals surface area contributed by atoms with Gasteiger partial charge in [0.1, 0.15) is 0 Å². The smallest absolute Gasteiger partial charge is 0.212 e. The molecule has 0 bridgehead atoms. The number of nitrogens with one attached hydrogen (secondary N) is 1. The molecule has 0 saturated carbocycles. The van der Waals surface area contributed by atoms with Crippen molar-refractivity contribution in [1.82, 2.24) is 9.71 Å². The first-order chi connectivity index (χ1) is 7.55. The van der Waals surface area contributed by atoms with Gasteiger partial charge in [0.15, 0.2) is 0 Å². The second-order valence-corrected chi connectivity index (χ2v) is 5.71. The SMILES string of the molecule is CC(NS(=O)(=O)CCCCl)c1ccccn1. The minimum Gasteiger partial charge on any atom is -0.260 e. The first-order valence-electron chi connectivity index (χ1n) is 5.02. The molecule has 1 rings (SSSR count). The van der Waals surface area contributed by atoms with E-state index in [2.05, 4.69) is 9.71 Å². The maximum atomic E-state index is 11.6. The van der Waals surface area contributed by atoms with E-state index in [4.69, 9.17) is 11.6 Å². The summed E-state index contributed by atoms with van der Waals surface area (Å²) in [6.45, 7) is 1.76. The Morgan fingerprint density at radius 3 is 2.81 bits per heavy atom. The van der Waals surface area contributed by atoms with Crippen LogP contribution in [-0.4, -0.2) is 25.0 Å². The lowest BCUT2D eigenvalue weighted by Crippen LogP contribution is -2.29. The average Bonchev–Trinajstić information content (AvgIpc) is 2.27. The van der Waals surface area contributed by atoms with Crippen LogP contribution >= 0.6 is 11.6 Å². The van der Waals surface area contributed by atoms with Gasteiger partial charge in [0, 0.05) is 12.1 Å². The van der Waals surface area contributed by atoms with Gasteiger partial charge in [0.25, 0.3) is 0 Å². The van der Waals surface area contributed by atoms with E-state index in [0.29, 0.717) is 18.0 Å². The van der Waals surface area contributed by atoms with E-state index in [0.717, 1.165) is 0 Å². The van der Waals surface area contributed by atoms with Crippen molar-refractivity contribution >= 4 is 21.6 Å². The predicted octanol–water partition coefficient (Wildman–Crippen LogP) is 1.69. The number of alkyl halides is 1. The molecule has 0 radical (unpaired) electrons.